The summed E-state index contributed by atoms with van der Waals surface area (Å²) in [5.74, 6) is 1.02. The van der Waals surface area contributed by atoms with E-state index in [-0.39, 0.29) is 17.1 Å². The van der Waals surface area contributed by atoms with Crippen LogP contribution in [0.2, 0.25) is 0 Å². The molecule has 0 saturated carbocycles. The van der Waals surface area contributed by atoms with E-state index in [1.807, 2.05) is 37.3 Å². The van der Waals surface area contributed by atoms with Crippen LogP contribution in [-0.4, -0.2) is 30.7 Å². The third kappa shape index (κ3) is 3.76. The first-order valence-corrected chi connectivity index (χ1v) is 8.09. The Morgan fingerprint density at radius 2 is 1.81 bits per heavy atom. The van der Waals surface area contributed by atoms with Gasteiger partial charge in [-0.3, -0.25) is 5.10 Å². The maximum atomic E-state index is 13.1. The first-order valence-electron chi connectivity index (χ1n) is 8.09. The standard InChI is InChI=1S/C19H16FN5O.H2O/c1-11-10-16(25-24-11)22-18-14-4-2-3-5-15(14)21-19(23-18)17(26)12-6-8-13(20)9-7-12;/h2-10,17,26H,1H3,(H2,21,22,23,24,25);1H2/t17-;/m0./s1. The first-order chi connectivity index (χ1) is 12.6. The van der Waals surface area contributed by atoms with E-state index in [0.29, 0.717) is 22.7 Å². The molecular weight excluding hydrogens is 349 g/mol. The average Bonchev–Trinajstić information content (AvgIpc) is 3.06. The second kappa shape index (κ2) is 7.48. The molecule has 5 N–H and O–H groups in total. The number of hydrogen-bond acceptors (Lipinski definition) is 5. The number of aryl methyl sites for hydroxylation is 1. The number of halogens is 1. The minimum atomic E-state index is -1.07. The van der Waals surface area contributed by atoms with Crippen molar-refractivity contribution in [3.63, 3.8) is 0 Å². The molecule has 1 atom stereocenters. The van der Waals surface area contributed by atoms with E-state index >= 15 is 0 Å². The molecule has 27 heavy (non-hydrogen) atoms. The van der Waals surface area contributed by atoms with Gasteiger partial charge in [0, 0.05) is 17.1 Å². The van der Waals surface area contributed by atoms with Crippen LogP contribution in [0.4, 0.5) is 16.0 Å². The van der Waals surface area contributed by atoms with Crippen molar-refractivity contribution in [1.82, 2.24) is 20.2 Å². The Morgan fingerprint density at radius 3 is 2.52 bits per heavy atom. The highest BCUT2D eigenvalue weighted by Gasteiger charge is 2.17. The van der Waals surface area contributed by atoms with Crippen LogP contribution in [0.5, 0.6) is 0 Å². The van der Waals surface area contributed by atoms with Gasteiger partial charge in [0.1, 0.15) is 17.7 Å². The topological polar surface area (TPSA) is 118 Å². The highest BCUT2D eigenvalue weighted by atomic mass is 19.1. The van der Waals surface area contributed by atoms with Gasteiger partial charge in [0.15, 0.2) is 11.6 Å². The van der Waals surface area contributed by atoms with Crippen LogP contribution in [0.1, 0.15) is 23.2 Å². The first kappa shape index (κ1) is 18.4. The van der Waals surface area contributed by atoms with Gasteiger partial charge in [-0.05, 0) is 36.8 Å². The summed E-state index contributed by atoms with van der Waals surface area (Å²) in [5, 5.41) is 21.6. The number of nitrogens with zero attached hydrogens (tertiary/aromatic N) is 3. The number of nitrogens with one attached hydrogen (secondary N) is 2. The third-order valence-corrected chi connectivity index (χ3v) is 4.00. The molecule has 0 radical (unpaired) electrons. The van der Waals surface area contributed by atoms with E-state index in [1.54, 1.807) is 0 Å². The molecule has 0 unspecified atom stereocenters. The van der Waals surface area contributed by atoms with Gasteiger partial charge >= 0.3 is 0 Å². The van der Waals surface area contributed by atoms with Crippen LogP contribution in [0.25, 0.3) is 10.9 Å². The highest BCUT2D eigenvalue weighted by molar-refractivity contribution is 5.90. The lowest BCUT2D eigenvalue weighted by Crippen LogP contribution is -2.08. The number of aromatic amines is 1. The van der Waals surface area contributed by atoms with Crippen molar-refractivity contribution in [2.75, 3.05) is 5.32 Å². The summed E-state index contributed by atoms with van der Waals surface area (Å²) in [6, 6.07) is 15.0. The van der Waals surface area contributed by atoms with Crippen molar-refractivity contribution in [2.24, 2.45) is 0 Å². The molecule has 0 saturated heterocycles. The molecule has 0 bridgehead atoms. The van der Waals surface area contributed by atoms with Gasteiger partial charge in [-0.1, -0.05) is 24.3 Å². The molecule has 7 nitrogen and oxygen atoms in total. The van der Waals surface area contributed by atoms with E-state index in [1.165, 1.54) is 24.3 Å². The molecule has 0 amide bonds. The molecule has 2 heterocycles. The Bertz CT molecular complexity index is 1070. The van der Waals surface area contributed by atoms with E-state index in [2.05, 4.69) is 25.5 Å². The van der Waals surface area contributed by atoms with Crippen molar-refractivity contribution >= 4 is 22.5 Å². The van der Waals surface area contributed by atoms with Gasteiger partial charge < -0.3 is 15.9 Å². The molecule has 0 aliphatic carbocycles. The second-order valence-electron chi connectivity index (χ2n) is 5.96. The molecule has 0 aliphatic heterocycles. The van der Waals surface area contributed by atoms with Crippen molar-refractivity contribution in [2.45, 2.75) is 13.0 Å². The fourth-order valence-electron chi connectivity index (χ4n) is 2.71. The van der Waals surface area contributed by atoms with Gasteiger partial charge in [-0.25, -0.2) is 14.4 Å². The average molecular weight is 367 g/mol. The summed E-state index contributed by atoms with van der Waals surface area (Å²) >= 11 is 0. The van der Waals surface area contributed by atoms with E-state index < -0.39 is 6.10 Å². The van der Waals surface area contributed by atoms with Gasteiger partial charge in [-0.2, -0.15) is 5.10 Å². The number of anilines is 2. The smallest absolute Gasteiger partial charge is 0.164 e. The zero-order valence-electron chi connectivity index (χ0n) is 14.4. The number of aliphatic hydroxyl groups is 1. The number of hydrogen-bond donors (Lipinski definition) is 3. The maximum Gasteiger partial charge on any atom is 0.164 e. The Balaban J connectivity index is 0.00000210. The number of benzene rings is 2. The lowest BCUT2D eigenvalue weighted by molar-refractivity contribution is 0.210. The number of aliphatic hydroxyl groups excluding tert-OH is 1. The molecule has 4 rings (SSSR count). The van der Waals surface area contributed by atoms with Crippen molar-refractivity contribution < 1.29 is 15.0 Å². The quantitative estimate of drug-likeness (QED) is 0.512. The van der Waals surface area contributed by atoms with Crippen molar-refractivity contribution in [3.05, 3.63) is 77.5 Å². The Morgan fingerprint density at radius 1 is 1.07 bits per heavy atom. The minimum absolute atomic E-state index is 0. The van der Waals surface area contributed by atoms with Crippen LogP contribution >= 0.6 is 0 Å². The zero-order chi connectivity index (χ0) is 18.1. The number of fused-ring (bicyclic) bond motifs is 1. The number of aromatic nitrogens is 4. The fourth-order valence-corrected chi connectivity index (χ4v) is 2.71. The van der Waals surface area contributed by atoms with E-state index in [9.17, 15) is 9.50 Å². The minimum Gasteiger partial charge on any atom is -0.412 e. The van der Waals surface area contributed by atoms with E-state index in [4.69, 9.17) is 0 Å². The molecule has 4 aromatic rings. The molecular formula is C19H18FN5O2. The van der Waals surface area contributed by atoms with Crippen LogP contribution in [-0.2, 0) is 0 Å². The maximum absolute atomic E-state index is 13.1. The summed E-state index contributed by atoms with van der Waals surface area (Å²) in [5.41, 5.74) is 2.12. The highest BCUT2D eigenvalue weighted by Crippen LogP contribution is 2.27. The predicted molar refractivity (Wildman–Crippen MR) is 100 cm³/mol. The zero-order valence-corrected chi connectivity index (χ0v) is 14.4. The SMILES string of the molecule is Cc1cc(Nc2nc([C@@H](O)c3ccc(F)cc3)nc3ccccc23)n[nH]1.O. The summed E-state index contributed by atoms with van der Waals surface area (Å²) in [6.45, 7) is 1.90. The van der Waals surface area contributed by atoms with Gasteiger partial charge in [0.25, 0.3) is 0 Å². The summed E-state index contributed by atoms with van der Waals surface area (Å²) in [6.07, 6.45) is -1.07. The molecule has 2 aromatic carbocycles. The Labute approximate surface area is 154 Å². The lowest BCUT2D eigenvalue weighted by Gasteiger charge is -2.13. The van der Waals surface area contributed by atoms with Gasteiger partial charge in [-0.15, -0.1) is 0 Å². The van der Waals surface area contributed by atoms with Crippen LogP contribution in [0, 0.1) is 12.7 Å². The normalized spacial score (nSPS) is 11.8. The van der Waals surface area contributed by atoms with E-state index in [0.717, 1.165) is 11.1 Å². The molecule has 0 spiro atoms. The van der Waals surface area contributed by atoms with Crippen molar-refractivity contribution in [1.29, 1.82) is 0 Å². The predicted octanol–water partition coefficient (Wildman–Crippen LogP) is 2.80. The summed E-state index contributed by atoms with van der Waals surface area (Å²) in [4.78, 5) is 8.94. The van der Waals surface area contributed by atoms with Gasteiger partial charge in [0.2, 0.25) is 0 Å². The number of H-pyrrole nitrogens is 1. The second-order valence-corrected chi connectivity index (χ2v) is 5.96. The molecule has 0 aliphatic rings. The summed E-state index contributed by atoms with van der Waals surface area (Å²) < 4.78 is 13.1. The Kier molecular flexibility index (Phi) is 5.11. The van der Waals surface area contributed by atoms with Crippen LogP contribution < -0.4 is 5.32 Å². The molecule has 8 heteroatoms. The molecule has 2 aromatic heterocycles. The Hall–Kier alpha value is -3.36. The lowest BCUT2D eigenvalue weighted by atomic mass is 10.1. The summed E-state index contributed by atoms with van der Waals surface area (Å²) in [7, 11) is 0. The van der Waals surface area contributed by atoms with Crippen molar-refractivity contribution in [3.8, 4) is 0 Å². The fraction of sp³-hybridized carbons (Fsp3) is 0.105. The van der Waals surface area contributed by atoms with Gasteiger partial charge in [0.05, 0.1) is 5.52 Å². The monoisotopic (exact) mass is 367 g/mol. The largest absolute Gasteiger partial charge is 0.412 e. The third-order valence-electron chi connectivity index (χ3n) is 4.00. The molecule has 0 fully saturated rings. The van der Waals surface area contributed by atoms with Crippen LogP contribution in [0.15, 0.2) is 54.6 Å². The number of rotatable bonds is 4. The van der Waals surface area contributed by atoms with Crippen LogP contribution in [0.3, 0.4) is 0 Å². The molecule has 138 valence electrons. The number of para-hydroxylation sites is 1.